The van der Waals surface area contributed by atoms with E-state index >= 15 is 0 Å². The number of alkyl halides is 6. The van der Waals surface area contributed by atoms with Crippen LogP contribution in [0.4, 0.5) is 43.5 Å². The van der Waals surface area contributed by atoms with Crippen LogP contribution in [-0.4, -0.2) is 14.1 Å². The molecule has 2 N–H and O–H groups in total. The van der Waals surface area contributed by atoms with Gasteiger partial charge in [0, 0.05) is 20.2 Å². The predicted octanol–water partition coefficient (Wildman–Crippen LogP) is 4.22. The van der Waals surface area contributed by atoms with Gasteiger partial charge in [-0.1, -0.05) is 0 Å². The van der Waals surface area contributed by atoms with Crippen molar-refractivity contribution in [2.75, 3.05) is 24.3 Å². The second-order valence-corrected chi connectivity index (χ2v) is 5.54. The van der Waals surface area contributed by atoms with Crippen molar-refractivity contribution >= 4 is 17.2 Å². The van der Waals surface area contributed by atoms with E-state index in [0.717, 1.165) is 0 Å². The molecule has 10 heteroatoms. The highest BCUT2D eigenvalue weighted by Gasteiger charge is 2.37. The second kappa shape index (κ2) is 6.74. The summed E-state index contributed by atoms with van der Waals surface area (Å²) in [5.41, 5.74) is -2.86. The molecule has 0 unspecified atom stereocenters. The van der Waals surface area contributed by atoms with Gasteiger partial charge in [0.2, 0.25) is 0 Å². The summed E-state index contributed by atoms with van der Waals surface area (Å²) in [7, 11) is 3.29. The molecule has 0 aliphatic heterocycles. The summed E-state index contributed by atoms with van der Waals surface area (Å²) in [6.07, 6.45) is -8.49. The first-order chi connectivity index (χ1) is 11.9. The van der Waals surface area contributed by atoms with E-state index in [0.29, 0.717) is 17.8 Å². The smallest absolute Gasteiger partial charge is 0.376 e. The van der Waals surface area contributed by atoms with Crippen LogP contribution < -0.4 is 15.2 Å². The van der Waals surface area contributed by atoms with Gasteiger partial charge in [0.15, 0.2) is 5.56 Å². The predicted molar refractivity (Wildman–Crippen MR) is 81.8 cm³/mol. The zero-order chi connectivity index (χ0) is 19.7. The second-order valence-electron chi connectivity index (χ2n) is 5.54. The van der Waals surface area contributed by atoms with Crippen molar-refractivity contribution in [3.63, 3.8) is 0 Å². The lowest BCUT2D eigenvalue weighted by Gasteiger charge is -2.15. The summed E-state index contributed by atoms with van der Waals surface area (Å²) in [5.74, 6) is -0.0221. The van der Waals surface area contributed by atoms with E-state index in [-0.39, 0.29) is 17.4 Å². The number of hydrogen-bond donors (Lipinski definition) is 1. The highest BCUT2D eigenvalue weighted by molar-refractivity contribution is 5.70. The number of nitrogens with zero attached hydrogens (tertiary/aromatic N) is 2. The minimum Gasteiger partial charge on any atom is -0.376 e. The van der Waals surface area contributed by atoms with Crippen molar-refractivity contribution in [2.24, 2.45) is 0 Å². The Kier molecular flexibility index (Phi) is 5.02. The molecule has 138 valence electrons. The number of pyridine rings is 1. The van der Waals surface area contributed by atoms with Crippen molar-refractivity contribution in [1.82, 2.24) is 0 Å². The number of anilines is 3. The summed E-state index contributed by atoms with van der Waals surface area (Å²) in [6.45, 7) is 0. The maximum absolute atomic E-state index is 12.9. The van der Waals surface area contributed by atoms with Gasteiger partial charge < -0.3 is 4.90 Å². The molecule has 0 amide bonds. The average Bonchev–Trinajstić information content (AvgIpc) is 2.52. The molecule has 0 fully saturated rings. The van der Waals surface area contributed by atoms with Crippen LogP contribution in [0.15, 0.2) is 30.5 Å². The Bertz CT molecular complexity index is 817. The van der Waals surface area contributed by atoms with E-state index < -0.39 is 29.2 Å². The number of rotatable bonds is 3. The van der Waals surface area contributed by atoms with Crippen LogP contribution in [0, 0.1) is 11.3 Å². The van der Waals surface area contributed by atoms with Gasteiger partial charge in [0.05, 0.1) is 23.0 Å². The van der Waals surface area contributed by atoms with Crippen LogP contribution in [0.5, 0.6) is 0 Å². The zero-order valence-electron chi connectivity index (χ0n) is 13.5. The Morgan fingerprint density at radius 2 is 1.54 bits per heavy atom. The molecule has 0 radical (unpaired) electrons. The molecule has 1 heterocycles. The van der Waals surface area contributed by atoms with Gasteiger partial charge in [-0.05, 0) is 18.2 Å². The third-order valence-corrected chi connectivity index (χ3v) is 3.43. The Labute approximate surface area is 144 Å². The molecule has 26 heavy (non-hydrogen) atoms. The Balaban J connectivity index is 2.57. The topological polar surface area (TPSA) is 53.2 Å². The van der Waals surface area contributed by atoms with Crippen LogP contribution >= 0.6 is 0 Å². The summed E-state index contributed by atoms with van der Waals surface area (Å²) in [5, 5.41) is 11.7. The Hall–Kier alpha value is -2.96. The van der Waals surface area contributed by atoms with Crippen molar-refractivity contribution in [3.8, 4) is 6.07 Å². The molecule has 2 rings (SSSR count). The monoisotopic (exact) mass is 375 g/mol. The lowest BCUT2D eigenvalue weighted by Crippen LogP contribution is -2.18. The number of benzene rings is 1. The molecule has 2 aromatic rings. The SMILES string of the molecule is CN(C)c1cc[nH+]c(Nc2cc(C(F)(F)F)cc(C(F)(F)F)c2)c1C#N. The normalized spacial score (nSPS) is 11.8. The first-order valence-corrected chi connectivity index (χ1v) is 7.12. The van der Waals surface area contributed by atoms with Crippen molar-refractivity contribution in [3.05, 3.63) is 47.2 Å². The molecular formula is C16H13F6N4+. The number of aromatic nitrogens is 1. The first kappa shape index (κ1) is 19.4. The number of aromatic amines is 1. The van der Waals surface area contributed by atoms with Gasteiger partial charge in [-0.25, -0.2) is 10.3 Å². The quantitative estimate of drug-likeness (QED) is 0.818. The van der Waals surface area contributed by atoms with E-state index in [1.165, 1.54) is 6.20 Å². The third-order valence-electron chi connectivity index (χ3n) is 3.43. The van der Waals surface area contributed by atoms with E-state index in [1.807, 2.05) is 6.07 Å². The number of nitriles is 1. The fourth-order valence-corrected chi connectivity index (χ4v) is 2.24. The fourth-order valence-electron chi connectivity index (χ4n) is 2.24. The standard InChI is InChI=1S/C16H12F6N4/c1-26(2)13-3-4-24-14(12(13)8-23)25-11-6-9(15(17,18)19)5-10(7-11)16(20,21)22/h3-7H,1-2H3,(H,24,25)/p+1. The molecule has 0 aliphatic carbocycles. The number of nitrogens with one attached hydrogen (secondary N) is 2. The van der Waals surface area contributed by atoms with Crippen LogP contribution in [0.3, 0.4) is 0 Å². The molecule has 0 spiro atoms. The minimum atomic E-state index is -4.95. The largest absolute Gasteiger partial charge is 0.416 e. The van der Waals surface area contributed by atoms with Gasteiger partial charge in [-0.3, -0.25) is 0 Å². The molecule has 0 bridgehead atoms. The maximum Gasteiger partial charge on any atom is 0.416 e. The van der Waals surface area contributed by atoms with Crippen LogP contribution in [0.25, 0.3) is 0 Å². The first-order valence-electron chi connectivity index (χ1n) is 7.12. The molecular weight excluding hydrogens is 362 g/mol. The summed E-state index contributed by atoms with van der Waals surface area (Å²) < 4.78 is 77.6. The minimum absolute atomic E-state index is 0.0221. The van der Waals surface area contributed by atoms with Crippen LogP contribution in [-0.2, 0) is 12.4 Å². The summed E-state index contributed by atoms with van der Waals surface area (Å²) in [6, 6.07) is 4.56. The molecule has 0 aliphatic rings. The van der Waals surface area contributed by atoms with Gasteiger partial charge in [-0.15, -0.1) is 0 Å². The third kappa shape index (κ3) is 4.17. The van der Waals surface area contributed by atoms with Gasteiger partial charge in [0.25, 0.3) is 5.82 Å². The Morgan fingerprint density at radius 1 is 1.00 bits per heavy atom. The average molecular weight is 375 g/mol. The molecule has 1 aromatic heterocycles. The molecule has 0 saturated heterocycles. The maximum atomic E-state index is 12.9. The van der Waals surface area contributed by atoms with Crippen LogP contribution in [0.2, 0.25) is 0 Å². The highest BCUT2D eigenvalue weighted by Crippen LogP contribution is 2.38. The summed E-state index contributed by atoms with van der Waals surface area (Å²) in [4.78, 5) is 4.21. The van der Waals surface area contributed by atoms with Crippen molar-refractivity contribution in [2.45, 2.75) is 12.4 Å². The number of hydrogen-bond acceptors (Lipinski definition) is 3. The highest BCUT2D eigenvalue weighted by atomic mass is 19.4. The lowest BCUT2D eigenvalue weighted by molar-refractivity contribution is -0.360. The van der Waals surface area contributed by atoms with E-state index in [1.54, 1.807) is 25.1 Å². The zero-order valence-corrected chi connectivity index (χ0v) is 13.5. The number of H-pyrrole nitrogens is 1. The fraction of sp³-hybridized carbons (Fsp3) is 0.250. The Morgan fingerprint density at radius 3 is 1.96 bits per heavy atom. The van der Waals surface area contributed by atoms with E-state index in [4.69, 9.17) is 0 Å². The van der Waals surface area contributed by atoms with Crippen molar-refractivity contribution in [1.29, 1.82) is 5.26 Å². The van der Waals surface area contributed by atoms with E-state index in [9.17, 15) is 31.6 Å². The molecule has 0 atom stereocenters. The van der Waals surface area contributed by atoms with Gasteiger partial charge in [0.1, 0.15) is 11.8 Å². The number of halogens is 6. The molecule has 4 nitrogen and oxygen atoms in total. The van der Waals surface area contributed by atoms with Crippen LogP contribution in [0.1, 0.15) is 16.7 Å². The molecule has 1 aromatic carbocycles. The molecule has 0 saturated carbocycles. The van der Waals surface area contributed by atoms with Gasteiger partial charge in [-0.2, -0.15) is 31.6 Å². The van der Waals surface area contributed by atoms with E-state index in [2.05, 4.69) is 10.3 Å². The summed E-state index contributed by atoms with van der Waals surface area (Å²) >= 11 is 0. The van der Waals surface area contributed by atoms with Crippen molar-refractivity contribution < 1.29 is 31.3 Å². The van der Waals surface area contributed by atoms with Gasteiger partial charge >= 0.3 is 12.4 Å². The lowest BCUT2D eigenvalue weighted by atomic mass is 10.1.